The van der Waals surface area contributed by atoms with Gasteiger partial charge in [-0.3, -0.25) is 4.79 Å². The van der Waals surface area contributed by atoms with E-state index in [9.17, 15) is 14.7 Å². The summed E-state index contributed by atoms with van der Waals surface area (Å²) in [5, 5.41) is 9.72. The molecule has 2 rings (SSSR count). The minimum absolute atomic E-state index is 0.152. The van der Waals surface area contributed by atoms with Gasteiger partial charge in [0.15, 0.2) is 0 Å². The SMILES string of the molecule is CCOC(=O)C(=O)c1ccc(C=C(CO)B2OC(C)(C)C(C)(C)O2)cc1. The number of aliphatic hydroxyl groups is 1. The number of rotatable bonds is 6. The van der Waals surface area contributed by atoms with Gasteiger partial charge in [0, 0.05) is 5.56 Å². The Balaban J connectivity index is 2.18. The number of ketones is 1. The Morgan fingerprint density at radius 2 is 1.65 bits per heavy atom. The number of esters is 1. The van der Waals surface area contributed by atoms with Crippen LogP contribution in [-0.2, 0) is 18.8 Å². The summed E-state index contributed by atoms with van der Waals surface area (Å²) in [6.07, 6.45) is 1.75. The van der Waals surface area contributed by atoms with E-state index in [1.54, 1.807) is 37.3 Å². The fraction of sp³-hybridized carbons (Fsp3) is 0.474. The molecule has 0 unspecified atom stereocenters. The second-order valence-electron chi connectivity index (χ2n) is 7.14. The van der Waals surface area contributed by atoms with E-state index in [-0.39, 0.29) is 18.8 Å². The van der Waals surface area contributed by atoms with Crippen LogP contribution in [0.25, 0.3) is 6.08 Å². The third kappa shape index (κ3) is 4.23. The van der Waals surface area contributed by atoms with Crippen molar-refractivity contribution in [3.8, 4) is 0 Å². The minimum atomic E-state index is -0.871. The smallest absolute Gasteiger partial charge is 0.460 e. The lowest BCUT2D eigenvalue weighted by atomic mass is 9.77. The van der Waals surface area contributed by atoms with Gasteiger partial charge in [0.1, 0.15) is 0 Å². The highest BCUT2D eigenvalue weighted by Crippen LogP contribution is 2.38. The molecule has 1 heterocycles. The Morgan fingerprint density at radius 3 is 2.12 bits per heavy atom. The first-order chi connectivity index (χ1) is 12.1. The van der Waals surface area contributed by atoms with E-state index in [0.29, 0.717) is 5.47 Å². The normalized spacial score (nSPS) is 18.7. The molecule has 0 spiro atoms. The van der Waals surface area contributed by atoms with E-state index in [1.165, 1.54) is 0 Å². The van der Waals surface area contributed by atoms with Crippen LogP contribution in [0.15, 0.2) is 29.7 Å². The maximum Gasteiger partial charge on any atom is 0.492 e. The number of benzene rings is 1. The van der Waals surface area contributed by atoms with Crippen molar-refractivity contribution in [1.82, 2.24) is 0 Å². The second kappa shape index (κ2) is 7.74. The molecule has 0 aliphatic carbocycles. The largest absolute Gasteiger partial charge is 0.492 e. The van der Waals surface area contributed by atoms with Crippen LogP contribution < -0.4 is 0 Å². The molecular formula is C19H25BO6. The standard InChI is InChI=1S/C19H25BO6/c1-6-24-17(23)16(22)14-9-7-13(8-10-14)11-15(12-21)20-25-18(2,3)19(4,5)26-20/h7-11,21H,6,12H2,1-5H3. The molecule has 0 radical (unpaired) electrons. The van der Waals surface area contributed by atoms with Crippen LogP contribution in [0.3, 0.4) is 0 Å². The van der Waals surface area contributed by atoms with E-state index in [4.69, 9.17) is 14.0 Å². The predicted octanol–water partition coefficient (Wildman–Crippen LogP) is 2.44. The molecule has 140 valence electrons. The number of hydrogen-bond donors (Lipinski definition) is 1. The third-order valence-electron chi connectivity index (χ3n) is 4.72. The molecule has 0 amide bonds. The zero-order chi connectivity index (χ0) is 19.5. The Labute approximate surface area is 154 Å². The number of Topliss-reactive ketones (excluding diaryl/α,β-unsaturated/α-hetero) is 1. The van der Waals surface area contributed by atoms with Gasteiger partial charge in [-0.25, -0.2) is 4.79 Å². The van der Waals surface area contributed by atoms with Crippen molar-refractivity contribution in [2.45, 2.75) is 45.8 Å². The summed E-state index contributed by atoms with van der Waals surface area (Å²) in [6.45, 7) is 9.34. The number of carbonyl (C=O) groups excluding carboxylic acids is 2. The highest BCUT2D eigenvalue weighted by molar-refractivity contribution is 6.55. The third-order valence-corrected chi connectivity index (χ3v) is 4.72. The van der Waals surface area contributed by atoms with E-state index in [0.717, 1.165) is 5.56 Å². The Bertz CT molecular complexity index is 689. The molecule has 1 aliphatic rings. The minimum Gasteiger partial charge on any atom is -0.460 e. The van der Waals surface area contributed by atoms with Crippen molar-refractivity contribution < 1.29 is 28.7 Å². The summed E-state index contributed by atoms with van der Waals surface area (Å²) < 4.78 is 16.6. The van der Waals surface area contributed by atoms with E-state index in [1.807, 2.05) is 27.7 Å². The Morgan fingerprint density at radius 1 is 1.12 bits per heavy atom. The fourth-order valence-electron chi connectivity index (χ4n) is 2.44. The lowest BCUT2D eigenvalue weighted by molar-refractivity contribution is -0.137. The van der Waals surface area contributed by atoms with Gasteiger partial charge in [0.2, 0.25) is 0 Å². The van der Waals surface area contributed by atoms with Gasteiger partial charge in [0.25, 0.3) is 5.78 Å². The maximum atomic E-state index is 11.9. The van der Waals surface area contributed by atoms with Crippen LogP contribution in [0.2, 0.25) is 0 Å². The second-order valence-corrected chi connectivity index (χ2v) is 7.14. The van der Waals surface area contributed by atoms with Crippen molar-refractivity contribution in [1.29, 1.82) is 0 Å². The molecule has 7 heteroatoms. The quantitative estimate of drug-likeness (QED) is 0.363. The molecule has 1 aliphatic heterocycles. The van der Waals surface area contributed by atoms with Crippen LogP contribution in [0.5, 0.6) is 0 Å². The molecule has 0 atom stereocenters. The first-order valence-electron chi connectivity index (χ1n) is 8.59. The first kappa shape index (κ1) is 20.4. The van der Waals surface area contributed by atoms with Crippen LogP contribution in [0.1, 0.15) is 50.5 Å². The molecular weight excluding hydrogens is 335 g/mol. The molecule has 26 heavy (non-hydrogen) atoms. The molecule has 1 saturated heterocycles. The number of aliphatic hydroxyl groups excluding tert-OH is 1. The molecule has 1 fully saturated rings. The van der Waals surface area contributed by atoms with Gasteiger partial charge >= 0.3 is 13.1 Å². The monoisotopic (exact) mass is 360 g/mol. The van der Waals surface area contributed by atoms with Crippen molar-refractivity contribution in [2.75, 3.05) is 13.2 Å². The number of ether oxygens (including phenoxy) is 1. The first-order valence-corrected chi connectivity index (χ1v) is 8.59. The van der Waals surface area contributed by atoms with Gasteiger partial charge in [-0.1, -0.05) is 30.3 Å². The maximum absolute atomic E-state index is 11.9. The number of hydrogen-bond acceptors (Lipinski definition) is 6. The Hall–Kier alpha value is -1.96. The van der Waals surface area contributed by atoms with Crippen LogP contribution in [-0.4, -0.2) is 48.4 Å². The highest BCUT2D eigenvalue weighted by Gasteiger charge is 2.52. The van der Waals surface area contributed by atoms with Crippen molar-refractivity contribution in [2.24, 2.45) is 0 Å². The molecule has 0 aromatic heterocycles. The molecule has 1 aromatic carbocycles. The van der Waals surface area contributed by atoms with Crippen LogP contribution in [0.4, 0.5) is 0 Å². The zero-order valence-corrected chi connectivity index (χ0v) is 15.9. The van der Waals surface area contributed by atoms with Gasteiger partial charge in [-0.05, 0) is 45.7 Å². The summed E-state index contributed by atoms with van der Waals surface area (Å²) in [4.78, 5) is 23.4. The lowest BCUT2D eigenvalue weighted by Gasteiger charge is -2.32. The summed E-state index contributed by atoms with van der Waals surface area (Å²) in [5.41, 5.74) is 0.586. The van der Waals surface area contributed by atoms with Gasteiger partial charge in [0.05, 0.1) is 24.4 Å². The summed E-state index contributed by atoms with van der Waals surface area (Å²) >= 11 is 0. The average molecular weight is 360 g/mol. The van der Waals surface area contributed by atoms with Crippen LogP contribution in [0, 0.1) is 0 Å². The van der Waals surface area contributed by atoms with Crippen molar-refractivity contribution >= 4 is 24.9 Å². The fourth-order valence-corrected chi connectivity index (χ4v) is 2.44. The summed E-state index contributed by atoms with van der Waals surface area (Å²) in [7, 11) is -0.647. The van der Waals surface area contributed by atoms with Gasteiger partial charge < -0.3 is 19.2 Å². The molecule has 1 N–H and O–H groups in total. The van der Waals surface area contributed by atoms with Crippen LogP contribution >= 0.6 is 0 Å². The summed E-state index contributed by atoms with van der Waals surface area (Å²) in [5.74, 6) is -1.56. The molecule has 1 aromatic rings. The van der Waals surface area contributed by atoms with Gasteiger partial charge in [-0.15, -0.1) is 0 Å². The predicted molar refractivity (Wildman–Crippen MR) is 98.6 cm³/mol. The van der Waals surface area contributed by atoms with Crippen molar-refractivity contribution in [3.05, 3.63) is 40.9 Å². The van der Waals surface area contributed by atoms with E-state index in [2.05, 4.69) is 0 Å². The average Bonchev–Trinajstić information content (AvgIpc) is 2.80. The number of carbonyl (C=O) groups is 2. The van der Waals surface area contributed by atoms with E-state index >= 15 is 0 Å². The van der Waals surface area contributed by atoms with Gasteiger partial charge in [-0.2, -0.15) is 0 Å². The molecule has 0 saturated carbocycles. The van der Waals surface area contributed by atoms with E-state index < -0.39 is 30.1 Å². The zero-order valence-electron chi connectivity index (χ0n) is 15.9. The molecule has 0 bridgehead atoms. The molecule has 6 nitrogen and oxygen atoms in total. The topological polar surface area (TPSA) is 82.1 Å². The summed E-state index contributed by atoms with van der Waals surface area (Å²) in [6, 6.07) is 6.47. The highest BCUT2D eigenvalue weighted by atomic mass is 16.7. The lowest BCUT2D eigenvalue weighted by Crippen LogP contribution is -2.41. The van der Waals surface area contributed by atoms with Crippen molar-refractivity contribution in [3.63, 3.8) is 0 Å². The Kier molecular flexibility index (Phi) is 6.06.